The van der Waals surface area contributed by atoms with Crippen LogP contribution in [0.4, 0.5) is 0 Å². The van der Waals surface area contributed by atoms with Gasteiger partial charge in [0.2, 0.25) is 8.53 Å². The van der Waals surface area contributed by atoms with E-state index in [9.17, 15) is 0 Å². The van der Waals surface area contributed by atoms with E-state index in [0.29, 0.717) is 10.4 Å². The zero-order valence-electron chi connectivity index (χ0n) is 2.84. The lowest BCUT2D eigenvalue weighted by atomic mass is 13.9. The van der Waals surface area contributed by atoms with Crippen LogP contribution in [0.1, 0.15) is 0 Å². The molecule has 32 valence electrons. The average molecular weight is 111 g/mol. The highest BCUT2D eigenvalue weighted by atomic mass is 31.2. The molecule has 3 N–H and O–H groups in total. The van der Waals surface area contributed by atoms with Crippen molar-refractivity contribution in [2.24, 2.45) is 0 Å². The molecule has 0 spiro atoms. The Balaban J connectivity index is 2.54. The van der Waals surface area contributed by atoms with Crippen LogP contribution in [0.25, 0.3) is 0 Å². The average Bonchev–Trinajstić information content (AvgIpc) is 1.38. The Labute approximate surface area is 34.5 Å². The summed E-state index contributed by atoms with van der Waals surface area (Å²) in [7, 11) is -1.13. The molecule has 0 saturated heterocycles. The van der Waals surface area contributed by atoms with E-state index in [2.05, 4.69) is 4.75 Å². The van der Waals surface area contributed by atoms with E-state index in [0.717, 1.165) is 0 Å². The van der Waals surface area contributed by atoms with Gasteiger partial charge in [-0.1, -0.05) is 0 Å². The monoisotopic (exact) mass is 111 g/mol. The van der Waals surface area contributed by atoms with Crippen molar-refractivity contribution < 1.29 is 9.79 Å². The lowest BCUT2D eigenvalue weighted by Gasteiger charge is -1.91. The molecule has 0 saturated carbocycles. The van der Waals surface area contributed by atoms with Crippen molar-refractivity contribution in [2.45, 2.75) is 0 Å². The van der Waals surface area contributed by atoms with Crippen molar-refractivity contribution in [3.8, 4) is 0 Å². The largest absolute Gasteiger partial charge is 0.338 e. The molecule has 0 aliphatic rings. The second kappa shape index (κ2) is 2.75. The molecule has 5 heteroatoms. The number of rotatable bonds is 1. The summed E-state index contributed by atoms with van der Waals surface area (Å²) in [6.45, 7) is 0. The van der Waals surface area contributed by atoms with Crippen LogP contribution < -0.4 is 4.75 Å². The second-order valence-corrected chi connectivity index (χ2v) is 2.88. The van der Waals surface area contributed by atoms with Gasteiger partial charge >= 0.3 is 0 Å². The van der Waals surface area contributed by atoms with Crippen LogP contribution in [0.3, 0.4) is 0 Å². The van der Waals surface area contributed by atoms with Crippen LogP contribution in [0.5, 0.6) is 0 Å². The first-order chi connectivity index (χ1) is 2.27. The van der Waals surface area contributed by atoms with Gasteiger partial charge in [0.1, 0.15) is 0 Å². The molecule has 0 heterocycles. The zero-order chi connectivity index (χ0) is 4.28. The van der Waals surface area contributed by atoms with Crippen molar-refractivity contribution in [1.29, 1.82) is 0 Å². The van der Waals surface area contributed by atoms with Gasteiger partial charge in [-0.3, -0.25) is 4.75 Å². The molecule has 0 aromatic heterocycles. The topological polar surface area (TPSA) is 52.5 Å². The maximum absolute atomic E-state index is 7.91. The third-order valence-corrected chi connectivity index (χ3v) is 1.80. The van der Waals surface area contributed by atoms with E-state index < -0.39 is 8.53 Å². The van der Waals surface area contributed by atoms with Gasteiger partial charge in [-0.05, 0) is 0 Å². The van der Waals surface area contributed by atoms with Crippen molar-refractivity contribution in [3.05, 3.63) is 0 Å². The number of hydrogen-bond donors (Lipinski definition) is 3. The normalized spacial score (nSPS) is 10.2. The Morgan fingerprint density at radius 1 is 1.60 bits per heavy atom. The lowest BCUT2D eigenvalue weighted by Crippen LogP contribution is -1.96. The summed E-state index contributed by atoms with van der Waals surface area (Å²) in [6.07, 6.45) is 0. The van der Waals surface area contributed by atoms with Crippen molar-refractivity contribution in [1.82, 2.24) is 4.75 Å². The highest BCUT2D eigenvalue weighted by molar-refractivity contribution is 7.44. The molecule has 3 nitrogen and oxygen atoms in total. The van der Waals surface area contributed by atoms with Gasteiger partial charge < -0.3 is 9.79 Å². The molecular weight excluding hydrogens is 105 g/mol. The van der Waals surface area contributed by atoms with Gasteiger partial charge in [0.05, 0.1) is 10.4 Å². The standard InChI is InChI=1S/H6NO2PSi/c2-4(3)1-5/h1-3H,5H3. The smallest absolute Gasteiger partial charge is 0.242 e. The van der Waals surface area contributed by atoms with E-state index >= 15 is 0 Å². The Kier molecular flexibility index (Phi) is 3.04. The molecule has 0 aromatic rings. The van der Waals surface area contributed by atoms with E-state index in [-0.39, 0.29) is 0 Å². The van der Waals surface area contributed by atoms with Gasteiger partial charge in [0.25, 0.3) is 0 Å². The minimum absolute atomic E-state index is 0.652. The van der Waals surface area contributed by atoms with Crippen LogP contribution in [0, 0.1) is 0 Å². The fourth-order valence-electron chi connectivity index (χ4n) is 0. The predicted molar refractivity (Wildman–Crippen MR) is 24.4 cm³/mol. The second-order valence-electron chi connectivity index (χ2n) is 0.513. The Morgan fingerprint density at radius 3 is 1.80 bits per heavy atom. The molecule has 0 unspecified atom stereocenters. The minimum atomic E-state index is -1.79. The minimum Gasteiger partial charge on any atom is -0.338 e. The first-order valence-corrected chi connectivity index (χ1v) is 3.37. The van der Waals surface area contributed by atoms with Gasteiger partial charge in [0, 0.05) is 0 Å². The maximum atomic E-state index is 7.91. The van der Waals surface area contributed by atoms with E-state index in [1.165, 1.54) is 0 Å². The number of nitrogens with one attached hydrogen (secondary N) is 1. The summed E-state index contributed by atoms with van der Waals surface area (Å²) in [4.78, 5) is 15.8. The van der Waals surface area contributed by atoms with Crippen LogP contribution in [0.15, 0.2) is 0 Å². The summed E-state index contributed by atoms with van der Waals surface area (Å²) in [5.41, 5.74) is 0. The van der Waals surface area contributed by atoms with Crippen LogP contribution in [-0.4, -0.2) is 20.2 Å². The van der Waals surface area contributed by atoms with Crippen molar-refractivity contribution in [3.63, 3.8) is 0 Å². The fourth-order valence-corrected chi connectivity index (χ4v) is 0. The molecule has 0 aromatic carbocycles. The first kappa shape index (κ1) is 5.53. The molecule has 0 aliphatic carbocycles. The van der Waals surface area contributed by atoms with Crippen LogP contribution in [-0.2, 0) is 0 Å². The van der Waals surface area contributed by atoms with Gasteiger partial charge in [-0.2, -0.15) is 0 Å². The van der Waals surface area contributed by atoms with Crippen molar-refractivity contribution >= 4 is 18.9 Å². The molecule has 0 bridgehead atoms. The third-order valence-electron chi connectivity index (χ3n) is 0.200. The van der Waals surface area contributed by atoms with E-state index in [1.807, 2.05) is 0 Å². The fraction of sp³-hybridized carbons (Fsp3) is 0. The highest BCUT2D eigenvalue weighted by Gasteiger charge is 1.82. The molecule has 0 amide bonds. The Hall–Kier alpha value is 0.527. The van der Waals surface area contributed by atoms with Crippen LogP contribution in [0.2, 0.25) is 0 Å². The highest BCUT2D eigenvalue weighted by Crippen LogP contribution is 2.11. The summed E-state index contributed by atoms with van der Waals surface area (Å²) in [5.74, 6) is 0. The summed E-state index contributed by atoms with van der Waals surface area (Å²) < 4.78 is 2.34. The van der Waals surface area contributed by atoms with E-state index in [1.54, 1.807) is 0 Å². The molecule has 5 heavy (non-hydrogen) atoms. The Morgan fingerprint density at radius 2 is 1.80 bits per heavy atom. The maximum Gasteiger partial charge on any atom is 0.242 e. The predicted octanol–water partition coefficient (Wildman–Crippen LogP) is -1.93. The number of hydrogen-bond acceptors (Lipinski definition) is 3. The lowest BCUT2D eigenvalue weighted by molar-refractivity contribution is 0.479. The molecule has 0 radical (unpaired) electrons. The van der Waals surface area contributed by atoms with Crippen molar-refractivity contribution in [2.75, 3.05) is 0 Å². The first-order valence-electron chi connectivity index (χ1n) is 1.12. The van der Waals surface area contributed by atoms with E-state index in [4.69, 9.17) is 9.79 Å². The summed E-state index contributed by atoms with van der Waals surface area (Å²) in [5, 5.41) is 0. The Bertz CT molecular complexity index is 23.6. The van der Waals surface area contributed by atoms with Gasteiger partial charge in [0.15, 0.2) is 0 Å². The molecule has 0 atom stereocenters. The third kappa shape index (κ3) is 4.53. The summed E-state index contributed by atoms with van der Waals surface area (Å²) in [6, 6.07) is 0. The molecule has 0 fully saturated rings. The SMILES string of the molecule is OP(O)N[SiH3]. The quantitative estimate of drug-likeness (QED) is 0.273. The van der Waals surface area contributed by atoms with Crippen LogP contribution >= 0.6 is 8.53 Å². The van der Waals surface area contributed by atoms with Gasteiger partial charge in [-0.25, -0.2) is 0 Å². The zero-order valence-corrected chi connectivity index (χ0v) is 5.74. The van der Waals surface area contributed by atoms with Gasteiger partial charge in [-0.15, -0.1) is 0 Å². The summed E-state index contributed by atoms with van der Waals surface area (Å²) >= 11 is 0. The molecular formula is H6NO2PSi. The molecule has 0 aliphatic heterocycles. The molecule has 0 rings (SSSR count).